The van der Waals surface area contributed by atoms with E-state index in [1.807, 2.05) is 82.7 Å². The fourth-order valence-corrected chi connectivity index (χ4v) is 5.71. The van der Waals surface area contributed by atoms with Gasteiger partial charge in [0, 0.05) is 28.8 Å². The lowest BCUT2D eigenvalue weighted by molar-refractivity contribution is -0.384. The van der Waals surface area contributed by atoms with E-state index in [4.69, 9.17) is 4.98 Å². The zero-order valence-corrected chi connectivity index (χ0v) is 21.5. The van der Waals surface area contributed by atoms with Crippen molar-refractivity contribution >= 4 is 33.6 Å². The highest BCUT2D eigenvalue weighted by Crippen LogP contribution is 2.28. The maximum Gasteiger partial charge on any atom is 0.269 e. The summed E-state index contributed by atoms with van der Waals surface area (Å²) in [6.07, 6.45) is 0. The number of para-hydroxylation sites is 3. The number of non-ortho nitro benzene ring substituents is 1. The summed E-state index contributed by atoms with van der Waals surface area (Å²) in [5.74, 6) is 0.437. The van der Waals surface area contributed by atoms with E-state index in [1.54, 1.807) is 22.8 Å². The first-order valence-electron chi connectivity index (χ1n) is 12.3. The van der Waals surface area contributed by atoms with Crippen LogP contribution >= 0.6 is 11.3 Å². The standard InChI is InChI=1S/C30H18N6O3S/c37-29-22-10-4-6-12-24(22)31-28-27(23-11-5-7-13-25(23)35(28)29)32-33-30-34(20-8-2-1-3-9-20)26(18-40-30)19-14-16-21(17-15-19)36(38)39/h1-18H/b32-27-,33-30+. The number of thiazole rings is 1. The van der Waals surface area contributed by atoms with Crippen LogP contribution in [0, 0.1) is 10.1 Å². The number of fused-ring (bicyclic) bond motifs is 4. The van der Waals surface area contributed by atoms with Crippen molar-refractivity contribution in [3.63, 3.8) is 0 Å². The van der Waals surface area contributed by atoms with Gasteiger partial charge in [-0.1, -0.05) is 48.5 Å². The first-order valence-corrected chi connectivity index (χ1v) is 13.2. The lowest BCUT2D eigenvalue weighted by Gasteiger charge is -2.09. The summed E-state index contributed by atoms with van der Waals surface area (Å²) in [4.78, 5) is 29.6. The van der Waals surface area contributed by atoms with Crippen LogP contribution in [0.15, 0.2) is 124 Å². The van der Waals surface area contributed by atoms with Gasteiger partial charge in [0.05, 0.1) is 27.2 Å². The van der Waals surface area contributed by atoms with Gasteiger partial charge in [0.15, 0.2) is 5.82 Å². The highest BCUT2D eigenvalue weighted by atomic mass is 32.1. The van der Waals surface area contributed by atoms with Gasteiger partial charge in [0.1, 0.15) is 5.71 Å². The zero-order chi connectivity index (χ0) is 27.2. The Kier molecular flexibility index (Phi) is 5.53. The second kappa shape index (κ2) is 9.37. The van der Waals surface area contributed by atoms with E-state index < -0.39 is 4.92 Å². The molecule has 0 atom stereocenters. The third-order valence-corrected chi connectivity index (χ3v) is 7.54. The quantitative estimate of drug-likeness (QED) is 0.217. The van der Waals surface area contributed by atoms with Crippen molar-refractivity contribution in [2.75, 3.05) is 0 Å². The molecular formula is C30H18N6O3S. The van der Waals surface area contributed by atoms with Gasteiger partial charge in [-0.3, -0.25) is 24.0 Å². The molecule has 3 heterocycles. The summed E-state index contributed by atoms with van der Waals surface area (Å²) in [6, 6.07) is 30.9. The number of hydrogen-bond donors (Lipinski definition) is 0. The Labute approximate surface area is 230 Å². The fourth-order valence-electron chi connectivity index (χ4n) is 4.86. The van der Waals surface area contributed by atoms with E-state index in [1.165, 1.54) is 23.5 Å². The summed E-state index contributed by atoms with van der Waals surface area (Å²) in [5, 5.41) is 23.0. The lowest BCUT2D eigenvalue weighted by atomic mass is 10.1. The largest absolute Gasteiger partial charge is 0.284 e. The third kappa shape index (κ3) is 3.77. The number of hydrogen-bond acceptors (Lipinski definition) is 7. The van der Waals surface area contributed by atoms with Gasteiger partial charge in [0.25, 0.3) is 11.2 Å². The van der Waals surface area contributed by atoms with E-state index in [0.717, 1.165) is 22.5 Å². The zero-order valence-electron chi connectivity index (χ0n) is 20.7. The number of benzene rings is 4. The minimum absolute atomic E-state index is 0.0235. The van der Waals surface area contributed by atoms with Gasteiger partial charge in [-0.05, 0) is 48.0 Å². The minimum Gasteiger partial charge on any atom is -0.284 e. The molecular weight excluding hydrogens is 524 g/mol. The second-order valence-electron chi connectivity index (χ2n) is 9.04. The molecule has 0 unspecified atom stereocenters. The monoisotopic (exact) mass is 542 g/mol. The third-order valence-electron chi connectivity index (χ3n) is 6.72. The maximum atomic E-state index is 13.5. The normalized spacial score (nSPS) is 13.5. The van der Waals surface area contributed by atoms with Crippen molar-refractivity contribution in [1.82, 2.24) is 14.1 Å². The van der Waals surface area contributed by atoms with Gasteiger partial charge in [-0.15, -0.1) is 21.5 Å². The number of rotatable bonds is 4. The predicted octanol–water partition coefficient (Wildman–Crippen LogP) is 5.48. The topological polar surface area (TPSA) is 108 Å². The highest BCUT2D eigenvalue weighted by molar-refractivity contribution is 7.07. The molecule has 7 rings (SSSR count). The van der Waals surface area contributed by atoms with Crippen LogP contribution in [0.4, 0.5) is 5.69 Å². The van der Waals surface area contributed by atoms with Gasteiger partial charge in [-0.2, -0.15) is 0 Å². The first-order chi connectivity index (χ1) is 19.6. The van der Waals surface area contributed by atoms with E-state index in [-0.39, 0.29) is 11.2 Å². The van der Waals surface area contributed by atoms with Crippen LogP contribution in [0.3, 0.4) is 0 Å². The smallest absolute Gasteiger partial charge is 0.269 e. The Morgan fingerprint density at radius 3 is 2.33 bits per heavy atom. The second-order valence-corrected chi connectivity index (χ2v) is 9.87. The van der Waals surface area contributed by atoms with Crippen molar-refractivity contribution in [2.24, 2.45) is 10.2 Å². The predicted molar refractivity (Wildman–Crippen MR) is 154 cm³/mol. The van der Waals surface area contributed by atoms with Gasteiger partial charge in [0.2, 0.25) is 4.80 Å². The molecule has 0 saturated carbocycles. The highest BCUT2D eigenvalue weighted by Gasteiger charge is 2.28. The van der Waals surface area contributed by atoms with Crippen molar-refractivity contribution in [3.8, 4) is 22.6 Å². The average Bonchev–Trinajstić information content (AvgIpc) is 3.56. The van der Waals surface area contributed by atoms with E-state index in [9.17, 15) is 14.9 Å². The van der Waals surface area contributed by atoms with E-state index in [2.05, 4.69) is 10.2 Å². The van der Waals surface area contributed by atoms with Crippen LogP contribution in [0.2, 0.25) is 0 Å². The molecule has 2 aromatic heterocycles. The van der Waals surface area contributed by atoms with Crippen LogP contribution in [-0.2, 0) is 0 Å². The molecule has 0 spiro atoms. The van der Waals surface area contributed by atoms with Gasteiger partial charge >= 0.3 is 0 Å². The molecule has 6 aromatic rings. The van der Waals surface area contributed by atoms with Crippen LogP contribution in [0.5, 0.6) is 0 Å². The molecule has 0 fully saturated rings. The summed E-state index contributed by atoms with van der Waals surface area (Å²) in [6.45, 7) is 0. The Morgan fingerprint density at radius 2 is 1.52 bits per heavy atom. The Morgan fingerprint density at radius 1 is 0.800 bits per heavy atom. The number of nitrogens with zero attached hydrogens (tertiary/aromatic N) is 6. The van der Waals surface area contributed by atoms with Crippen LogP contribution in [-0.4, -0.2) is 24.8 Å². The van der Waals surface area contributed by atoms with Gasteiger partial charge < -0.3 is 0 Å². The molecule has 0 saturated heterocycles. The molecule has 0 radical (unpaired) electrons. The van der Waals surface area contributed by atoms with Crippen molar-refractivity contribution in [3.05, 3.63) is 145 Å². The molecule has 4 aromatic carbocycles. The summed E-state index contributed by atoms with van der Waals surface area (Å²) in [7, 11) is 0. The number of nitro groups is 1. The maximum absolute atomic E-state index is 13.5. The summed E-state index contributed by atoms with van der Waals surface area (Å²) in [5.41, 5.74) is 4.92. The summed E-state index contributed by atoms with van der Waals surface area (Å²) >= 11 is 1.39. The Hall–Kier alpha value is -5.48. The first kappa shape index (κ1) is 23.6. The van der Waals surface area contributed by atoms with Crippen LogP contribution in [0.25, 0.3) is 33.5 Å². The molecule has 0 bridgehead atoms. The molecule has 9 nitrogen and oxygen atoms in total. The average molecular weight is 543 g/mol. The van der Waals surface area contributed by atoms with Crippen LogP contribution < -0.4 is 10.4 Å². The van der Waals surface area contributed by atoms with Crippen molar-refractivity contribution in [2.45, 2.75) is 0 Å². The summed E-state index contributed by atoms with van der Waals surface area (Å²) < 4.78 is 3.55. The molecule has 1 aliphatic heterocycles. The van der Waals surface area contributed by atoms with E-state index >= 15 is 0 Å². The Bertz CT molecular complexity index is 2110. The van der Waals surface area contributed by atoms with Crippen molar-refractivity contribution in [1.29, 1.82) is 0 Å². The minimum atomic E-state index is -0.417. The molecule has 0 aliphatic carbocycles. The lowest BCUT2D eigenvalue weighted by Crippen LogP contribution is -2.21. The van der Waals surface area contributed by atoms with Crippen molar-refractivity contribution < 1.29 is 4.92 Å². The molecule has 1 aliphatic rings. The number of nitro benzene ring substituents is 1. The molecule has 0 N–H and O–H groups in total. The molecule has 0 amide bonds. The SMILES string of the molecule is O=c1c2ccccc2nc2n1-c1ccccc1/C2=N/N=c1/scc(-c2ccc([N+](=O)[O-])cc2)n1-c1ccccc1. The molecule has 10 heteroatoms. The molecule has 192 valence electrons. The van der Waals surface area contributed by atoms with Crippen LogP contribution in [0.1, 0.15) is 11.4 Å². The fraction of sp³-hybridized carbons (Fsp3) is 0. The molecule has 40 heavy (non-hydrogen) atoms. The van der Waals surface area contributed by atoms with E-state index in [0.29, 0.717) is 32.9 Å². The van der Waals surface area contributed by atoms with Gasteiger partial charge in [-0.25, -0.2) is 4.98 Å². The Balaban J connectivity index is 1.45. The number of aromatic nitrogens is 3.